The zero-order chi connectivity index (χ0) is 19.6. The molecule has 0 unspecified atom stereocenters. The molecular weight excluding hydrogens is 332 g/mol. The lowest BCUT2D eigenvalue weighted by Gasteiger charge is -2.08. The third kappa shape index (κ3) is 13.6. The summed E-state index contributed by atoms with van der Waals surface area (Å²) in [5.41, 5.74) is 1.19. The fourth-order valence-electron chi connectivity index (χ4n) is 3.74. The van der Waals surface area contributed by atoms with E-state index in [1.54, 1.807) is 6.07 Å². The van der Waals surface area contributed by atoms with E-state index in [0.717, 1.165) is 12.2 Å². The Bertz CT molecular complexity index is 456. The second-order valence-corrected chi connectivity index (χ2v) is 7.97. The Labute approximate surface area is 168 Å². The van der Waals surface area contributed by atoms with E-state index < -0.39 is 0 Å². The van der Waals surface area contributed by atoms with Crippen LogP contribution in [-0.2, 0) is 6.42 Å². The Balaban J connectivity index is 1.89. The number of aryl methyl sites for hydroxylation is 1. The van der Waals surface area contributed by atoms with Crippen LogP contribution in [0.3, 0.4) is 0 Å². The van der Waals surface area contributed by atoms with Gasteiger partial charge >= 0.3 is 0 Å². The summed E-state index contributed by atoms with van der Waals surface area (Å²) in [5, 5.41) is 9.77. The number of aromatic hydroxyl groups is 1. The van der Waals surface area contributed by atoms with Crippen molar-refractivity contribution in [1.82, 2.24) is 0 Å². The summed E-state index contributed by atoms with van der Waals surface area (Å²) in [5.74, 6) is 1.10. The molecule has 27 heavy (non-hydrogen) atoms. The maximum atomic E-state index is 9.77. The van der Waals surface area contributed by atoms with Gasteiger partial charge in [0.05, 0.1) is 6.61 Å². The van der Waals surface area contributed by atoms with Gasteiger partial charge in [-0.15, -0.1) is 0 Å². The van der Waals surface area contributed by atoms with Crippen molar-refractivity contribution < 1.29 is 9.84 Å². The first-order chi connectivity index (χ1) is 13.3. The van der Waals surface area contributed by atoms with Crippen LogP contribution in [0.2, 0.25) is 0 Å². The Morgan fingerprint density at radius 3 is 1.59 bits per heavy atom. The molecule has 0 heterocycles. The maximum Gasteiger partial charge on any atom is 0.123 e. The first-order valence-electron chi connectivity index (χ1n) is 11.7. The molecule has 0 aliphatic rings. The van der Waals surface area contributed by atoms with Gasteiger partial charge < -0.3 is 9.84 Å². The van der Waals surface area contributed by atoms with Crippen molar-refractivity contribution >= 4 is 0 Å². The molecular formula is C25H44O2. The smallest absolute Gasteiger partial charge is 0.123 e. The highest BCUT2D eigenvalue weighted by molar-refractivity contribution is 5.37. The molecule has 0 fully saturated rings. The summed E-state index contributed by atoms with van der Waals surface area (Å²) in [6, 6.07) is 5.62. The number of phenolic OH excluding ortho intramolecular Hbond substituents is 1. The lowest BCUT2D eigenvalue weighted by atomic mass is 10.0. The number of phenols is 1. The fourth-order valence-corrected chi connectivity index (χ4v) is 3.74. The second kappa shape index (κ2) is 17.0. The summed E-state index contributed by atoms with van der Waals surface area (Å²) in [7, 11) is 0. The zero-order valence-electron chi connectivity index (χ0n) is 18.1. The standard InChI is InChI=1S/C25H44O2/c1-3-5-6-7-8-9-10-11-12-13-14-15-16-17-18-19-23-20-24(26)22-25(21-23)27-4-2/h20-22,26H,3-19H2,1-2H3. The van der Waals surface area contributed by atoms with Crippen molar-refractivity contribution in [2.45, 2.75) is 117 Å². The number of ether oxygens (including phenoxy) is 1. The molecule has 1 rings (SSSR count). The molecule has 0 saturated heterocycles. The topological polar surface area (TPSA) is 29.5 Å². The molecule has 0 spiro atoms. The van der Waals surface area contributed by atoms with Crippen molar-refractivity contribution in [1.29, 1.82) is 0 Å². The van der Waals surface area contributed by atoms with Crippen LogP contribution in [0.4, 0.5) is 0 Å². The van der Waals surface area contributed by atoms with Crippen molar-refractivity contribution in [2.75, 3.05) is 6.61 Å². The summed E-state index contributed by atoms with van der Waals surface area (Å²) in [6.07, 6.45) is 21.9. The Hall–Kier alpha value is -1.18. The van der Waals surface area contributed by atoms with Crippen molar-refractivity contribution in [3.05, 3.63) is 23.8 Å². The largest absolute Gasteiger partial charge is 0.508 e. The number of rotatable bonds is 18. The monoisotopic (exact) mass is 376 g/mol. The molecule has 0 aliphatic carbocycles. The van der Waals surface area contributed by atoms with Crippen LogP contribution in [0.5, 0.6) is 11.5 Å². The first-order valence-corrected chi connectivity index (χ1v) is 11.7. The minimum Gasteiger partial charge on any atom is -0.508 e. The Kier molecular flexibility index (Phi) is 15.0. The van der Waals surface area contributed by atoms with Gasteiger partial charge in [-0.2, -0.15) is 0 Å². The van der Waals surface area contributed by atoms with E-state index in [1.807, 2.05) is 13.0 Å². The van der Waals surface area contributed by atoms with Gasteiger partial charge in [-0.1, -0.05) is 96.8 Å². The number of hydrogen-bond acceptors (Lipinski definition) is 2. The van der Waals surface area contributed by atoms with Gasteiger partial charge in [0.2, 0.25) is 0 Å². The third-order valence-corrected chi connectivity index (χ3v) is 5.33. The van der Waals surface area contributed by atoms with Gasteiger partial charge in [-0.05, 0) is 37.5 Å². The first kappa shape index (κ1) is 23.9. The number of hydrogen-bond donors (Lipinski definition) is 1. The Morgan fingerprint density at radius 2 is 1.11 bits per heavy atom. The van der Waals surface area contributed by atoms with Crippen LogP contribution in [-0.4, -0.2) is 11.7 Å². The highest BCUT2D eigenvalue weighted by Gasteiger charge is 2.01. The van der Waals surface area contributed by atoms with Gasteiger partial charge in [0.15, 0.2) is 0 Å². The molecule has 156 valence electrons. The normalized spacial score (nSPS) is 11.0. The van der Waals surface area contributed by atoms with E-state index in [1.165, 1.54) is 102 Å². The van der Waals surface area contributed by atoms with Crippen LogP contribution >= 0.6 is 0 Å². The molecule has 1 aromatic rings. The maximum absolute atomic E-state index is 9.77. The molecule has 0 saturated carbocycles. The van der Waals surface area contributed by atoms with Crippen molar-refractivity contribution in [3.8, 4) is 11.5 Å². The van der Waals surface area contributed by atoms with Crippen molar-refractivity contribution in [3.63, 3.8) is 0 Å². The number of benzene rings is 1. The lowest BCUT2D eigenvalue weighted by Crippen LogP contribution is -1.93. The molecule has 0 atom stereocenters. The minimum atomic E-state index is 0.317. The van der Waals surface area contributed by atoms with Gasteiger partial charge in [0.1, 0.15) is 11.5 Å². The van der Waals surface area contributed by atoms with Crippen LogP contribution in [0, 0.1) is 0 Å². The number of unbranched alkanes of at least 4 members (excludes halogenated alkanes) is 14. The fraction of sp³-hybridized carbons (Fsp3) is 0.760. The summed E-state index contributed by atoms with van der Waals surface area (Å²) in [4.78, 5) is 0. The lowest BCUT2D eigenvalue weighted by molar-refractivity contribution is 0.337. The van der Waals surface area contributed by atoms with Crippen LogP contribution in [0.1, 0.15) is 116 Å². The van der Waals surface area contributed by atoms with Crippen molar-refractivity contribution in [2.24, 2.45) is 0 Å². The highest BCUT2D eigenvalue weighted by Crippen LogP contribution is 2.23. The van der Waals surface area contributed by atoms with Crippen LogP contribution in [0.25, 0.3) is 0 Å². The average Bonchev–Trinajstić information content (AvgIpc) is 2.65. The van der Waals surface area contributed by atoms with E-state index in [2.05, 4.69) is 13.0 Å². The molecule has 1 N–H and O–H groups in total. The molecule has 0 bridgehead atoms. The molecule has 0 radical (unpaired) electrons. The summed E-state index contributed by atoms with van der Waals surface area (Å²) >= 11 is 0. The molecule has 0 aliphatic heterocycles. The summed E-state index contributed by atoms with van der Waals surface area (Å²) < 4.78 is 5.50. The van der Waals surface area contributed by atoms with Gasteiger partial charge in [-0.3, -0.25) is 0 Å². The molecule has 0 aromatic heterocycles. The third-order valence-electron chi connectivity index (χ3n) is 5.33. The molecule has 2 heteroatoms. The molecule has 1 aromatic carbocycles. The quantitative estimate of drug-likeness (QED) is 0.262. The molecule has 2 nitrogen and oxygen atoms in total. The molecule has 0 amide bonds. The van der Waals surface area contributed by atoms with E-state index >= 15 is 0 Å². The predicted octanol–water partition coefficient (Wildman–Crippen LogP) is 8.20. The van der Waals surface area contributed by atoms with Crippen LogP contribution < -0.4 is 4.74 Å². The van der Waals surface area contributed by atoms with E-state index in [0.29, 0.717) is 12.4 Å². The van der Waals surface area contributed by atoms with Gasteiger partial charge in [-0.25, -0.2) is 0 Å². The summed E-state index contributed by atoms with van der Waals surface area (Å²) in [6.45, 7) is 4.90. The van der Waals surface area contributed by atoms with Gasteiger partial charge in [0, 0.05) is 6.07 Å². The SMILES string of the molecule is CCCCCCCCCCCCCCCCCc1cc(O)cc(OCC)c1. The van der Waals surface area contributed by atoms with Gasteiger partial charge in [0.25, 0.3) is 0 Å². The van der Waals surface area contributed by atoms with Crippen LogP contribution in [0.15, 0.2) is 18.2 Å². The highest BCUT2D eigenvalue weighted by atomic mass is 16.5. The van der Waals surface area contributed by atoms with E-state index in [-0.39, 0.29) is 0 Å². The van der Waals surface area contributed by atoms with E-state index in [9.17, 15) is 5.11 Å². The Morgan fingerprint density at radius 1 is 0.630 bits per heavy atom. The zero-order valence-corrected chi connectivity index (χ0v) is 18.1. The predicted molar refractivity (Wildman–Crippen MR) is 118 cm³/mol. The van der Waals surface area contributed by atoms with E-state index in [4.69, 9.17) is 4.74 Å². The second-order valence-electron chi connectivity index (χ2n) is 7.97. The average molecular weight is 377 g/mol. The minimum absolute atomic E-state index is 0.317.